The molecule has 0 bridgehead atoms. The molecule has 2 rings (SSSR count). The molecule has 0 aromatic carbocycles. The Labute approximate surface area is 140 Å². The van der Waals surface area contributed by atoms with E-state index in [0.29, 0.717) is 16.5 Å². The molecule has 1 saturated carbocycles. The summed E-state index contributed by atoms with van der Waals surface area (Å²) in [6, 6.07) is 0.420. The van der Waals surface area contributed by atoms with Gasteiger partial charge in [-0.3, -0.25) is 0 Å². The van der Waals surface area contributed by atoms with Gasteiger partial charge in [0.2, 0.25) is 0 Å². The highest BCUT2D eigenvalue weighted by atomic mass is 28.3. The summed E-state index contributed by atoms with van der Waals surface area (Å²) >= 11 is 0. The monoisotopic (exact) mass is 319 g/mol. The van der Waals surface area contributed by atoms with Gasteiger partial charge in [0.15, 0.2) is 0 Å². The molecule has 2 unspecified atom stereocenters. The molecule has 0 spiro atoms. The van der Waals surface area contributed by atoms with Gasteiger partial charge < -0.3 is 5.32 Å². The number of rotatable bonds is 3. The summed E-state index contributed by atoms with van der Waals surface area (Å²) in [7, 11) is -0.767. The average Bonchev–Trinajstić information content (AvgIpc) is 2.94. The van der Waals surface area contributed by atoms with Crippen LogP contribution in [-0.4, -0.2) is 20.4 Å². The van der Waals surface area contributed by atoms with Crippen LogP contribution < -0.4 is 5.32 Å². The van der Waals surface area contributed by atoms with E-state index in [1.54, 1.807) is 0 Å². The minimum atomic E-state index is -0.767. The van der Waals surface area contributed by atoms with Crippen molar-refractivity contribution in [2.24, 2.45) is 5.41 Å². The largest absolute Gasteiger partial charge is 0.301 e. The Morgan fingerprint density at radius 2 is 1.41 bits per heavy atom. The molecule has 22 heavy (non-hydrogen) atoms. The van der Waals surface area contributed by atoms with Crippen LogP contribution in [0, 0.1) is 5.41 Å². The second kappa shape index (κ2) is 6.65. The molecule has 126 valence electrons. The fraction of sp³-hybridized carbons (Fsp3) is 0.800. The molecule has 0 amide bonds. The van der Waals surface area contributed by atoms with Crippen LogP contribution in [0.25, 0.3) is 0 Å². The Kier molecular flexibility index (Phi) is 5.44. The molecule has 2 atom stereocenters. The minimum absolute atomic E-state index is 0.201. The maximum absolute atomic E-state index is 4.04. The SMILES string of the molecule is C[SiH](C)C1(C)CCCCCCC(C)(NC2C=CC=C2)C1(C)C. The van der Waals surface area contributed by atoms with Crippen molar-refractivity contribution in [2.45, 2.75) is 95.9 Å². The summed E-state index contributed by atoms with van der Waals surface area (Å²) in [5.74, 6) is 0. The van der Waals surface area contributed by atoms with Crippen LogP contribution >= 0.6 is 0 Å². The van der Waals surface area contributed by atoms with Crippen LogP contribution in [0.5, 0.6) is 0 Å². The smallest absolute Gasteiger partial charge is 0.0446 e. The highest BCUT2D eigenvalue weighted by molar-refractivity contribution is 6.59. The summed E-state index contributed by atoms with van der Waals surface area (Å²) in [5.41, 5.74) is 0.516. The number of nitrogens with one attached hydrogen (secondary N) is 1. The van der Waals surface area contributed by atoms with Crippen molar-refractivity contribution in [1.29, 1.82) is 0 Å². The Bertz CT molecular complexity index is 425. The second-order valence-electron chi connectivity index (χ2n) is 8.88. The van der Waals surface area contributed by atoms with E-state index in [4.69, 9.17) is 0 Å². The predicted octanol–water partition coefficient (Wildman–Crippen LogP) is 5.46. The molecule has 2 aliphatic rings. The molecule has 1 nitrogen and oxygen atoms in total. The zero-order valence-electron chi connectivity index (χ0n) is 15.7. The van der Waals surface area contributed by atoms with E-state index in [9.17, 15) is 0 Å². The highest BCUT2D eigenvalue weighted by Gasteiger charge is 2.53. The minimum Gasteiger partial charge on any atom is -0.301 e. The standard InChI is InChI=1S/C20H37NSi/c1-18(2)19(3,21-17-13-9-10-14-17)15-11-7-8-12-16-20(18,4)22(5)6/h9-10,13-14,17,21-22H,7-8,11-12,15-16H2,1-6H3. The third-order valence-corrected chi connectivity index (χ3v) is 11.0. The van der Waals surface area contributed by atoms with Crippen molar-refractivity contribution < 1.29 is 0 Å². The quantitative estimate of drug-likeness (QED) is 0.681. The molecule has 0 aromatic heterocycles. The molecule has 0 heterocycles. The van der Waals surface area contributed by atoms with Crippen LogP contribution in [0.1, 0.15) is 66.2 Å². The van der Waals surface area contributed by atoms with Crippen molar-refractivity contribution in [1.82, 2.24) is 5.32 Å². The van der Waals surface area contributed by atoms with Crippen molar-refractivity contribution in [3.63, 3.8) is 0 Å². The third kappa shape index (κ3) is 3.14. The zero-order valence-corrected chi connectivity index (χ0v) is 16.9. The van der Waals surface area contributed by atoms with Crippen LogP contribution in [0.4, 0.5) is 0 Å². The Morgan fingerprint density at radius 1 is 0.864 bits per heavy atom. The van der Waals surface area contributed by atoms with Crippen LogP contribution in [0.3, 0.4) is 0 Å². The van der Waals surface area contributed by atoms with E-state index in [-0.39, 0.29) is 5.54 Å². The summed E-state index contributed by atoms with van der Waals surface area (Å²) in [5, 5.41) is 4.54. The van der Waals surface area contributed by atoms with Gasteiger partial charge in [0.25, 0.3) is 0 Å². The molecular formula is C20H37NSi. The van der Waals surface area contributed by atoms with Gasteiger partial charge in [0.1, 0.15) is 0 Å². The van der Waals surface area contributed by atoms with Crippen molar-refractivity contribution >= 4 is 8.80 Å². The Morgan fingerprint density at radius 3 is 1.95 bits per heavy atom. The lowest BCUT2D eigenvalue weighted by atomic mass is 9.62. The second-order valence-corrected chi connectivity index (χ2v) is 12.5. The molecular weight excluding hydrogens is 282 g/mol. The first kappa shape index (κ1) is 18.0. The molecule has 0 aliphatic heterocycles. The maximum atomic E-state index is 4.04. The van der Waals surface area contributed by atoms with Crippen LogP contribution in [0.2, 0.25) is 18.1 Å². The van der Waals surface area contributed by atoms with E-state index >= 15 is 0 Å². The van der Waals surface area contributed by atoms with Crippen molar-refractivity contribution in [2.75, 3.05) is 0 Å². The fourth-order valence-corrected chi connectivity index (χ4v) is 7.28. The number of hydrogen-bond donors (Lipinski definition) is 1. The Hall–Kier alpha value is -0.343. The Balaban J connectivity index is 2.37. The molecule has 1 fully saturated rings. The topological polar surface area (TPSA) is 12.0 Å². The lowest BCUT2D eigenvalue weighted by Gasteiger charge is -2.58. The normalized spacial score (nSPS) is 36.3. The molecule has 0 saturated heterocycles. The van der Waals surface area contributed by atoms with Gasteiger partial charge >= 0.3 is 0 Å². The lowest BCUT2D eigenvalue weighted by molar-refractivity contribution is 0.0668. The van der Waals surface area contributed by atoms with Crippen LogP contribution in [0.15, 0.2) is 24.3 Å². The first-order valence-electron chi connectivity index (χ1n) is 9.36. The zero-order chi connectivity index (χ0) is 16.4. The van der Waals surface area contributed by atoms with Gasteiger partial charge in [-0.05, 0) is 30.2 Å². The van der Waals surface area contributed by atoms with Crippen LogP contribution in [-0.2, 0) is 0 Å². The summed E-state index contributed by atoms with van der Waals surface area (Å²) < 4.78 is 0. The molecule has 0 aromatic rings. The summed E-state index contributed by atoms with van der Waals surface area (Å²) in [4.78, 5) is 0. The van der Waals surface area contributed by atoms with Gasteiger partial charge in [-0.15, -0.1) is 0 Å². The number of allylic oxidation sites excluding steroid dienone is 2. The first-order chi connectivity index (χ1) is 10.2. The average molecular weight is 320 g/mol. The van der Waals surface area contributed by atoms with Gasteiger partial charge in [-0.25, -0.2) is 0 Å². The lowest BCUT2D eigenvalue weighted by Crippen LogP contribution is -2.61. The van der Waals surface area contributed by atoms with Gasteiger partial charge in [-0.2, -0.15) is 0 Å². The maximum Gasteiger partial charge on any atom is 0.0446 e. The summed E-state index contributed by atoms with van der Waals surface area (Å²) in [6.07, 6.45) is 17.3. The van der Waals surface area contributed by atoms with Gasteiger partial charge in [0, 0.05) is 20.4 Å². The van der Waals surface area contributed by atoms with Gasteiger partial charge in [0.05, 0.1) is 0 Å². The van der Waals surface area contributed by atoms with Crippen molar-refractivity contribution in [3.05, 3.63) is 24.3 Å². The third-order valence-electron chi connectivity index (χ3n) is 7.44. The first-order valence-corrected chi connectivity index (χ1v) is 12.2. The summed E-state index contributed by atoms with van der Waals surface area (Å²) in [6.45, 7) is 15.4. The molecule has 2 heteroatoms. The highest BCUT2D eigenvalue weighted by Crippen LogP contribution is 2.58. The molecule has 2 aliphatic carbocycles. The molecule has 1 N–H and O–H groups in total. The number of hydrogen-bond acceptors (Lipinski definition) is 1. The van der Waals surface area contributed by atoms with E-state index in [2.05, 4.69) is 70.4 Å². The van der Waals surface area contributed by atoms with E-state index < -0.39 is 8.80 Å². The predicted molar refractivity (Wildman–Crippen MR) is 102 cm³/mol. The fourth-order valence-electron chi connectivity index (χ4n) is 4.74. The van der Waals surface area contributed by atoms with Crippen molar-refractivity contribution in [3.8, 4) is 0 Å². The van der Waals surface area contributed by atoms with E-state index in [1.807, 2.05) is 0 Å². The van der Waals surface area contributed by atoms with E-state index in [0.717, 1.165) is 0 Å². The van der Waals surface area contributed by atoms with E-state index in [1.165, 1.54) is 38.5 Å². The molecule has 0 radical (unpaired) electrons. The van der Waals surface area contributed by atoms with Gasteiger partial charge in [-0.1, -0.05) is 83.9 Å².